The molecule has 3 atom stereocenters. The van der Waals surface area contributed by atoms with E-state index in [9.17, 15) is 9.59 Å². The number of ether oxygens (including phenoxy) is 1. The molecule has 4 rings (SSSR count). The van der Waals surface area contributed by atoms with Crippen molar-refractivity contribution in [1.29, 1.82) is 0 Å². The van der Waals surface area contributed by atoms with Gasteiger partial charge in [-0.15, -0.1) is 0 Å². The van der Waals surface area contributed by atoms with Crippen LogP contribution in [0.15, 0.2) is 24.3 Å². The molecule has 2 saturated heterocycles. The van der Waals surface area contributed by atoms with E-state index < -0.39 is 0 Å². The highest BCUT2D eigenvalue weighted by molar-refractivity contribution is 5.81. The predicted octanol–water partition coefficient (Wildman–Crippen LogP) is 3.24. The number of amides is 2. The van der Waals surface area contributed by atoms with Crippen LogP contribution in [0.1, 0.15) is 62.8 Å². The SMILES string of the molecule is COc1cccc([C@@H]2CN(C(=O)C3CCCC3)[C@@H]3CCCCC(=O)N[C@H]32)c1. The smallest absolute Gasteiger partial charge is 0.226 e. The molecule has 0 aromatic heterocycles. The van der Waals surface area contributed by atoms with Crippen molar-refractivity contribution in [3.05, 3.63) is 29.8 Å². The summed E-state index contributed by atoms with van der Waals surface area (Å²) >= 11 is 0. The average Bonchev–Trinajstić information content (AvgIpc) is 3.32. The van der Waals surface area contributed by atoms with Crippen molar-refractivity contribution in [2.75, 3.05) is 13.7 Å². The molecule has 5 heteroatoms. The third-order valence-corrected chi connectivity index (χ3v) is 6.63. The lowest BCUT2D eigenvalue weighted by Gasteiger charge is -2.32. The maximum atomic E-state index is 13.3. The summed E-state index contributed by atoms with van der Waals surface area (Å²) in [5, 5.41) is 3.27. The Morgan fingerprint density at radius 2 is 1.93 bits per heavy atom. The molecule has 2 heterocycles. The van der Waals surface area contributed by atoms with Crippen molar-refractivity contribution in [2.45, 2.75) is 69.4 Å². The number of hydrogen-bond acceptors (Lipinski definition) is 3. The van der Waals surface area contributed by atoms with Crippen LogP contribution in [0.3, 0.4) is 0 Å². The molecule has 1 aromatic rings. The second kappa shape index (κ2) is 7.91. The molecular weight excluding hydrogens is 340 g/mol. The van der Waals surface area contributed by atoms with Gasteiger partial charge in [0.1, 0.15) is 5.75 Å². The number of methoxy groups -OCH3 is 1. The highest BCUT2D eigenvalue weighted by Crippen LogP contribution is 2.39. The van der Waals surface area contributed by atoms with E-state index in [2.05, 4.69) is 22.3 Å². The van der Waals surface area contributed by atoms with Crippen molar-refractivity contribution in [1.82, 2.24) is 10.2 Å². The van der Waals surface area contributed by atoms with Crippen molar-refractivity contribution in [3.8, 4) is 5.75 Å². The molecule has 0 spiro atoms. The Kier molecular flexibility index (Phi) is 5.37. The van der Waals surface area contributed by atoms with Crippen LogP contribution in [0, 0.1) is 5.92 Å². The van der Waals surface area contributed by atoms with Gasteiger partial charge >= 0.3 is 0 Å². The molecule has 0 bridgehead atoms. The van der Waals surface area contributed by atoms with Gasteiger partial charge in [0.05, 0.1) is 19.2 Å². The van der Waals surface area contributed by atoms with Gasteiger partial charge in [0.2, 0.25) is 11.8 Å². The lowest BCUT2D eigenvalue weighted by Crippen LogP contribution is -2.49. The molecule has 2 amide bonds. The minimum Gasteiger partial charge on any atom is -0.497 e. The van der Waals surface area contributed by atoms with E-state index in [0.29, 0.717) is 18.9 Å². The molecule has 0 unspecified atom stereocenters. The quantitative estimate of drug-likeness (QED) is 0.889. The fraction of sp³-hybridized carbons (Fsp3) is 0.636. The van der Waals surface area contributed by atoms with Crippen LogP contribution in [0.4, 0.5) is 0 Å². The van der Waals surface area contributed by atoms with Crippen LogP contribution in [0.5, 0.6) is 5.75 Å². The van der Waals surface area contributed by atoms with Crippen LogP contribution in [-0.2, 0) is 9.59 Å². The lowest BCUT2D eigenvalue weighted by molar-refractivity contribution is -0.137. The lowest BCUT2D eigenvalue weighted by atomic mass is 9.88. The summed E-state index contributed by atoms with van der Waals surface area (Å²) in [6.07, 6.45) is 7.83. The Balaban J connectivity index is 1.65. The summed E-state index contributed by atoms with van der Waals surface area (Å²) in [5.74, 6) is 1.55. The predicted molar refractivity (Wildman–Crippen MR) is 104 cm³/mol. The number of likely N-dealkylation sites (tertiary alicyclic amines) is 1. The summed E-state index contributed by atoms with van der Waals surface area (Å²) in [6.45, 7) is 0.693. The monoisotopic (exact) mass is 370 g/mol. The number of carbonyl (C=O) groups is 2. The van der Waals surface area contributed by atoms with E-state index in [1.54, 1.807) is 7.11 Å². The van der Waals surface area contributed by atoms with Crippen molar-refractivity contribution < 1.29 is 14.3 Å². The largest absolute Gasteiger partial charge is 0.497 e. The summed E-state index contributed by atoms with van der Waals surface area (Å²) in [7, 11) is 1.67. The van der Waals surface area contributed by atoms with Gasteiger partial charge in [-0.25, -0.2) is 0 Å². The summed E-state index contributed by atoms with van der Waals surface area (Å²) in [4.78, 5) is 27.8. The van der Waals surface area contributed by atoms with E-state index in [0.717, 1.165) is 56.3 Å². The first-order valence-electron chi connectivity index (χ1n) is 10.4. The Labute approximate surface area is 161 Å². The molecule has 1 aromatic carbocycles. The molecule has 1 N–H and O–H groups in total. The minimum absolute atomic E-state index is 0.00439. The molecule has 3 fully saturated rings. The first-order chi connectivity index (χ1) is 13.2. The van der Waals surface area contributed by atoms with Crippen LogP contribution in [0.25, 0.3) is 0 Å². The molecular formula is C22H30N2O3. The first-order valence-corrected chi connectivity index (χ1v) is 10.4. The molecule has 27 heavy (non-hydrogen) atoms. The number of rotatable bonds is 3. The van der Waals surface area contributed by atoms with E-state index in [-0.39, 0.29) is 29.8 Å². The van der Waals surface area contributed by atoms with Crippen LogP contribution in [-0.4, -0.2) is 42.5 Å². The van der Waals surface area contributed by atoms with E-state index >= 15 is 0 Å². The Bertz CT molecular complexity index is 699. The van der Waals surface area contributed by atoms with Crippen LogP contribution < -0.4 is 10.1 Å². The second-order valence-electron chi connectivity index (χ2n) is 8.26. The van der Waals surface area contributed by atoms with E-state index in [1.165, 1.54) is 0 Å². The van der Waals surface area contributed by atoms with Crippen LogP contribution >= 0.6 is 0 Å². The average molecular weight is 370 g/mol. The maximum Gasteiger partial charge on any atom is 0.226 e. The van der Waals surface area contributed by atoms with Crippen molar-refractivity contribution in [2.24, 2.45) is 5.92 Å². The minimum atomic E-state index is -0.00439. The zero-order chi connectivity index (χ0) is 18.8. The van der Waals surface area contributed by atoms with Crippen molar-refractivity contribution in [3.63, 3.8) is 0 Å². The zero-order valence-corrected chi connectivity index (χ0v) is 16.2. The molecule has 146 valence electrons. The van der Waals surface area contributed by atoms with Gasteiger partial charge in [0.25, 0.3) is 0 Å². The van der Waals surface area contributed by atoms with Crippen LogP contribution in [0.2, 0.25) is 0 Å². The highest BCUT2D eigenvalue weighted by Gasteiger charge is 2.46. The molecule has 3 aliphatic rings. The number of hydrogen-bond donors (Lipinski definition) is 1. The Morgan fingerprint density at radius 1 is 1.15 bits per heavy atom. The zero-order valence-electron chi connectivity index (χ0n) is 16.2. The second-order valence-corrected chi connectivity index (χ2v) is 8.26. The highest BCUT2D eigenvalue weighted by atomic mass is 16.5. The van der Waals surface area contributed by atoms with Gasteiger partial charge in [0, 0.05) is 24.8 Å². The first kappa shape index (κ1) is 18.3. The normalized spacial score (nSPS) is 29.0. The van der Waals surface area contributed by atoms with Gasteiger partial charge < -0.3 is 15.0 Å². The van der Waals surface area contributed by atoms with E-state index in [1.807, 2.05) is 12.1 Å². The number of nitrogens with one attached hydrogen (secondary N) is 1. The third kappa shape index (κ3) is 3.69. The van der Waals surface area contributed by atoms with Gasteiger partial charge in [-0.2, -0.15) is 0 Å². The summed E-state index contributed by atoms with van der Waals surface area (Å²) < 4.78 is 5.40. The fourth-order valence-corrected chi connectivity index (χ4v) is 5.20. The van der Waals surface area contributed by atoms with Gasteiger partial charge in [0.15, 0.2) is 0 Å². The molecule has 5 nitrogen and oxygen atoms in total. The maximum absolute atomic E-state index is 13.3. The molecule has 2 aliphatic heterocycles. The summed E-state index contributed by atoms with van der Waals surface area (Å²) in [5.41, 5.74) is 1.15. The van der Waals surface area contributed by atoms with Gasteiger partial charge in [-0.1, -0.05) is 31.4 Å². The number of nitrogens with zero attached hydrogens (tertiary/aromatic N) is 1. The third-order valence-electron chi connectivity index (χ3n) is 6.63. The molecule has 1 aliphatic carbocycles. The fourth-order valence-electron chi connectivity index (χ4n) is 5.20. The molecule has 1 saturated carbocycles. The molecule has 0 radical (unpaired) electrons. The van der Waals surface area contributed by atoms with E-state index in [4.69, 9.17) is 4.74 Å². The Morgan fingerprint density at radius 3 is 2.70 bits per heavy atom. The Hall–Kier alpha value is -2.04. The topological polar surface area (TPSA) is 58.6 Å². The van der Waals surface area contributed by atoms with Gasteiger partial charge in [-0.3, -0.25) is 9.59 Å². The number of benzene rings is 1. The van der Waals surface area contributed by atoms with Crippen molar-refractivity contribution >= 4 is 11.8 Å². The summed E-state index contributed by atoms with van der Waals surface area (Å²) in [6, 6.07) is 8.19. The van der Waals surface area contributed by atoms with Gasteiger partial charge in [-0.05, 0) is 43.4 Å². The standard InChI is InChI=1S/C22H30N2O3/c1-27-17-10-6-9-16(13-17)18-14-24(22(26)15-7-2-3-8-15)19-11-4-5-12-20(25)23-21(18)19/h6,9-10,13,15,18-19,21H,2-5,7-8,11-12,14H2,1H3,(H,23,25)/t18-,19+,21-/m0/s1. The number of carbonyl (C=O) groups excluding carboxylic acids is 2. The number of fused-ring (bicyclic) bond motifs is 1.